The number of rotatable bonds is 6. The standard InChI is InChI=1S/C20H19NO7/c1-10(22)12-4-6-15-19(20(12)25)13(8-18(24)28-15)11-3-5-14(16(7-11)26-2)27-9-17(21)23/h3-7,13,25H,8-9H2,1-2H3,(H2,21,23)/t13-/m0/s1. The lowest BCUT2D eigenvalue weighted by atomic mass is 9.84. The van der Waals surface area contributed by atoms with Crippen molar-refractivity contribution in [1.82, 2.24) is 0 Å². The molecule has 2 aromatic carbocycles. The van der Waals surface area contributed by atoms with Crippen LogP contribution in [0.5, 0.6) is 23.0 Å². The predicted molar refractivity (Wildman–Crippen MR) is 97.9 cm³/mol. The molecular formula is C20H19NO7. The van der Waals surface area contributed by atoms with Gasteiger partial charge in [-0.15, -0.1) is 0 Å². The molecule has 0 bridgehead atoms. The molecule has 1 aliphatic heterocycles. The monoisotopic (exact) mass is 385 g/mol. The first-order chi connectivity index (χ1) is 13.3. The van der Waals surface area contributed by atoms with Crippen LogP contribution >= 0.6 is 0 Å². The molecule has 0 spiro atoms. The Hall–Kier alpha value is -3.55. The molecule has 0 unspecified atom stereocenters. The molecule has 3 rings (SSSR count). The minimum Gasteiger partial charge on any atom is -0.507 e. The maximum atomic E-state index is 12.1. The molecule has 1 heterocycles. The smallest absolute Gasteiger partial charge is 0.312 e. The van der Waals surface area contributed by atoms with Crippen LogP contribution < -0.4 is 19.9 Å². The van der Waals surface area contributed by atoms with Gasteiger partial charge in [0, 0.05) is 11.5 Å². The van der Waals surface area contributed by atoms with Gasteiger partial charge in [0.25, 0.3) is 5.91 Å². The number of hydrogen-bond acceptors (Lipinski definition) is 7. The van der Waals surface area contributed by atoms with Gasteiger partial charge in [-0.05, 0) is 36.8 Å². The number of esters is 1. The summed E-state index contributed by atoms with van der Waals surface area (Å²) in [4.78, 5) is 34.8. The third-order valence-corrected chi connectivity index (χ3v) is 4.46. The van der Waals surface area contributed by atoms with Gasteiger partial charge in [0.05, 0.1) is 19.1 Å². The van der Waals surface area contributed by atoms with Crippen LogP contribution in [0.1, 0.15) is 40.7 Å². The number of hydrogen-bond donors (Lipinski definition) is 2. The SMILES string of the molecule is COc1cc([C@@H]2CC(=O)Oc3ccc(C(C)=O)c(O)c32)ccc1OCC(N)=O. The number of benzene rings is 2. The molecule has 28 heavy (non-hydrogen) atoms. The van der Waals surface area contributed by atoms with Gasteiger partial charge in [-0.2, -0.15) is 0 Å². The number of fused-ring (bicyclic) bond motifs is 1. The number of methoxy groups -OCH3 is 1. The Labute approximate surface area is 160 Å². The Morgan fingerprint density at radius 1 is 1.25 bits per heavy atom. The summed E-state index contributed by atoms with van der Waals surface area (Å²) in [6, 6.07) is 7.84. The van der Waals surface area contributed by atoms with Crippen LogP contribution in [0.15, 0.2) is 30.3 Å². The highest BCUT2D eigenvalue weighted by molar-refractivity contribution is 5.98. The molecule has 0 aromatic heterocycles. The number of aromatic hydroxyl groups is 1. The fraction of sp³-hybridized carbons (Fsp3) is 0.250. The van der Waals surface area contributed by atoms with E-state index in [1.807, 2.05) is 0 Å². The van der Waals surface area contributed by atoms with Crippen molar-refractivity contribution in [3.05, 3.63) is 47.0 Å². The maximum absolute atomic E-state index is 12.1. The van der Waals surface area contributed by atoms with Crippen molar-refractivity contribution in [2.75, 3.05) is 13.7 Å². The fourth-order valence-corrected chi connectivity index (χ4v) is 3.19. The summed E-state index contributed by atoms with van der Waals surface area (Å²) < 4.78 is 15.8. The molecule has 0 saturated heterocycles. The number of carbonyl (C=O) groups excluding carboxylic acids is 3. The Bertz CT molecular complexity index is 967. The Morgan fingerprint density at radius 3 is 2.64 bits per heavy atom. The molecule has 0 saturated carbocycles. The van der Waals surface area contributed by atoms with Crippen LogP contribution in [0.25, 0.3) is 0 Å². The molecule has 0 aliphatic carbocycles. The largest absolute Gasteiger partial charge is 0.507 e. The lowest BCUT2D eigenvalue weighted by Gasteiger charge is -2.27. The second-order valence-electron chi connectivity index (χ2n) is 6.33. The summed E-state index contributed by atoms with van der Waals surface area (Å²) in [5, 5.41) is 10.6. The third kappa shape index (κ3) is 3.62. The van der Waals surface area contributed by atoms with Gasteiger partial charge >= 0.3 is 5.97 Å². The Kier molecular flexibility index (Phi) is 5.21. The van der Waals surface area contributed by atoms with E-state index in [4.69, 9.17) is 19.9 Å². The van der Waals surface area contributed by atoms with Gasteiger partial charge in [0.2, 0.25) is 0 Å². The van der Waals surface area contributed by atoms with Gasteiger partial charge in [0.15, 0.2) is 23.9 Å². The van der Waals surface area contributed by atoms with Crippen molar-refractivity contribution in [3.8, 4) is 23.0 Å². The van der Waals surface area contributed by atoms with Crippen molar-refractivity contribution in [2.24, 2.45) is 5.73 Å². The van der Waals surface area contributed by atoms with Gasteiger partial charge in [-0.25, -0.2) is 0 Å². The van der Waals surface area contributed by atoms with Crippen molar-refractivity contribution < 1.29 is 33.7 Å². The van der Waals surface area contributed by atoms with Gasteiger partial charge < -0.3 is 25.1 Å². The van der Waals surface area contributed by atoms with Gasteiger partial charge in [-0.1, -0.05) is 6.07 Å². The van der Waals surface area contributed by atoms with E-state index in [0.29, 0.717) is 22.6 Å². The number of nitrogens with two attached hydrogens (primary N) is 1. The molecule has 8 nitrogen and oxygen atoms in total. The molecule has 1 amide bonds. The Morgan fingerprint density at radius 2 is 2.00 bits per heavy atom. The third-order valence-electron chi connectivity index (χ3n) is 4.46. The highest BCUT2D eigenvalue weighted by atomic mass is 16.5. The minimum atomic E-state index is -0.628. The number of ether oxygens (including phenoxy) is 3. The molecule has 1 atom stereocenters. The van der Waals surface area contributed by atoms with Crippen LogP contribution in [-0.4, -0.2) is 36.5 Å². The number of phenolic OH excluding ortho intramolecular Hbond substituents is 1. The quantitative estimate of drug-likeness (QED) is 0.442. The van der Waals surface area contributed by atoms with E-state index in [-0.39, 0.29) is 35.9 Å². The number of phenols is 1. The van der Waals surface area contributed by atoms with E-state index in [1.54, 1.807) is 18.2 Å². The molecule has 0 radical (unpaired) electrons. The van der Waals surface area contributed by atoms with Crippen LogP contribution in [0.4, 0.5) is 0 Å². The molecule has 1 aliphatic rings. The van der Waals surface area contributed by atoms with Crippen molar-refractivity contribution >= 4 is 17.7 Å². The second kappa shape index (κ2) is 7.59. The average Bonchev–Trinajstić information content (AvgIpc) is 2.65. The minimum absolute atomic E-state index is 0.0213. The maximum Gasteiger partial charge on any atom is 0.312 e. The highest BCUT2D eigenvalue weighted by Crippen LogP contribution is 2.46. The number of amides is 1. The van der Waals surface area contributed by atoms with Crippen molar-refractivity contribution in [3.63, 3.8) is 0 Å². The zero-order valence-electron chi connectivity index (χ0n) is 15.4. The zero-order valence-corrected chi connectivity index (χ0v) is 15.4. The second-order valence-corrected chi connectivity index (χ2v) is 6.33. The van der Waals surface area contributed by atoms with E-state index in [0.717, 1.165) is 0 Å². The first-order valence-corrected chi connectivity index (χ1v) is 8.48. The van der Waals surface area contributed by atoms with Gasteiger partial charge in [-0.3, -0.25) is 14.4 Å². The summed E-state index contributed by atoms with van der Waals surface area (Å²) in [7, 11) is 1.44. The summed E-state index contributed by atoms with van der Waals surface area (Å²) in [6.07, 6.45) is -0.0213. The summed E-state index contributed by atoms with van der Waals surface area (Å²) in [6.45, 7) is 1.04. The van der Waals surface area contributed by atoms with E-state index in [9.17, 15) is 19.5 Å². The van der Waals surface area contributed by atoms with E-state index in [2.05, 4.69) is 0 Å². The topological polar surface area (TPSA) is 125 Å². The fourth-order valence-electron chi connectivity index (χ4n) is 3.19. The number of ketones is 1. The normalized spacial score (nSPS) is 15.4. The average molecular weight is 385 g/mol. The van der Waals surface area contributed by atoms with Crippen LogP contribution in [0.3, 0.4) is 0 Å². The van der Waals surface area contributed by atoms with Crippen LogP contribution in [-0.2, 0) is 9.59 Å². The Balaban J connectivity index is 2.07. The number of Topliss-reactive ketones (excluding diaryl/α,β-unsaturated/α-hetero) is 1. The molecule has 146 valence electrons. The van der Waals surface area contributed by atoms with E-state index < -0.39 is 17.8 Å². The van der Waals surface area contributed by atoms with Gasteiger partial charge in [0.1, 0.15) is 11.5 Å². The zero-order chi connectivity index (χ0) is 20.4. The molecule has 3 N–H and O–H groups in total. The lowest BCUT2D eigenvalue weighted by Crippen LogP contribution is -2.22. The molecule has 2 aromatic rings. The van der Waals surface area contributed by atoms with E-state index >= 15 is 0 Å². The number of carbonyl (C=O) groups is 3. The summed E-state index contributed by atoms with van der Waals surface area (Å²) in [5.41, 5.74) is 6.25. The molecule has 8 heteroatoms. The number of primary amides is 1. The van der Waals surface area contributed by atoms with Crippen molar-refractivity contribution in [2.45, 2.75) is 19.3 Å². The highest BCUT2D eigenvalue weighted by Gasteiger charge is 2.33. The lowest BCUT2D eigenvalue weighted by molar-refractivity contribution is -0.135. The van der Waals surface area contributed by atoms with Crippen LogP contribution in [0.2, 0.25) is 0 Å². The molecule has 0 fully saturated rings. The molecular weight excluding hydrogens is 366 g/mol. The first kappa shape index (κ1) is 19.2. The first-order valence-electron chi connectivity index (χ1n) is 8.48. The summed E-state index contributed by atoms with van der Waals surface area (Å²) in [5.74, 6) is -1.30. The predicted octanol–water partition coefficient (Wildman–Crippen LogP) is 1.91. The van der Waals surface area contributed by atoms with Crippen LogP contribution in [0, 0.1) is 0 Å². The van der Waals surface area contributed by atoms with E-state index in [1.165, 1.54) is 26.2 Å². The summed E-state index contributed by atoms with van der Waals surface area (Å²) >= 11 is 0. The van der Waals surface area contributed by atoms with Crippen molar-refractivity contribution in [1.29, 1.82) is 0 Å².